The van der Waals surface area contributed by atoms with Crippen LogP contribution in [0.1, 0.15) is 38.5 Å². The lowest BCUT2D eigenvalue weighted by Gasteiger charge is -2.40. The van der Waals surface area contributed by atoms with Gasteiger partial charge in [-0.15, -0.1) is 0 Å². The van der Waals surface area contributed by atoms with Crippen molar-refractivity contribution in [2.45, 2.75) is 38.3 Å². The number of likely N-dealkylation sites (tertiary alicyclic amines) is 1. The van der Waals surface area contributed by atoms with E-state index in [0.29, 0.717) is 0 Å². The Morgan fingerprint density at radius 1 is 1.47 bits per heavy atom. The highest BCUT2D eigenvalue weighted by Gasteiger charge is 2.39. The fraction of sp³-hybridized carbons (Fsp3) is 0.667. The number of hydrogen-bond donors (Lipinski definition) is 2. The summed E-state index contributed by atoms with van der Waals surface area (Å²) < 4.78 is 6.51. The van der Waals surface area contributed by atoms with Crippen LogP contribution in [0.15, 0.2) is 21.2 Å². The van der Waals surface area contributed by atoms with Gasteiger partial charge in [-0.3, -0.25) is 10.7 Å². The molecular weight excluding hydrogens is 282 g/mol. The molecule has 2 rings (SSSR count). The van der Waals surface area contributed by atoms with Gasteiger partial charge in [0.2, 0.25) is 0 Å². The van der Waals surface area contributed by atoms with Crippen molar-refractivity contribution < 1.29 is 4.42 Å². The van der Waals surface area contributed by atoms with E-state index in [0.717, 1.165) is 23.3 Å². The molecule has 1 fully saturated rings. The van der Waals surface area contributed by atoms with Crippen LogP contribution in [-0.4, -0.2) is 23.5 Å². The van der Waals surface area contributed by atoms with E-state index in [1.807, 2.05) is 6.07 Å². The summed E-state index contributed by atoms with van der Waals surface area (Å²) in [4.78, 5) is 2.46. The maximum Gasteiger partial charge on any atom is 0.138 e. The molecule has 1 saturated heterocycles. The summed E-state index contributed by atoms with van der Waals surface area (Å²) >= 11 is 3.50. The average Bonchev–Trinajstić information content (AvgIpc) is 2.91. The fourth-order valence-electron chi connectivity index (χ4n) is 2.59. The first-order chi connectivity index (χ1) is 8.07. The summed E-state index contributed by atoms with van der Waals surface area (Å²) in [5.74, 6) is 6.59. The zero-order valence-corrected chi connectivity index (χ0v) is 12.0. The van der Waals surface area contributed by atoms with Crippen LogP contribution in [0.5, 0.6) is 0 Å². The molecule has 3 N–H and O–H groups in total. The van der Waals surface area contributed by atoms with Crippen molar-refractivity contribution in [2.24, 2.45) is 5.84 Å². The van der Waals surface area contributed by atoms with E-state index < -0.39 is 0 Å². The maximum absolute atomic E-state index is 5.73. The molecule has 2 heterocycles. The molecule has 1 aliphatic rings. The molecule has 0 saturated carbocycles. The van der Waals surface area contributed by atoms with E-state index in [2.05, 4.69) is 40.1 Å². The van der Waals surface area contributed by atoms with E-state index in [1.165, 1.54) is 12.8 Å². The Labute approximate surface area is 111 Å². The van der Waals surface area contributed by atoms with Crippen molar-refractivity contribution in [1.29, 1.82) is 0 Å². The van der Waals surface area contributed by atoms with Crippen molar-refractivity contribution in [3.8, 4) is 0 Å². The third-order valence-electron chi connectivity index (χ3n) is 3.70. The number of rotatable bonds is 4. The molecule has 4 nitrogen and oxygen atoms in total. The Kier molecular flexibility index (Phi) is 3.92. The van der Waals surface area contributed by atoms with Crippen LogP contribution < -0.4 is 11.3 Å². The average molecular weight is 302 g/mol. The van der Waals surface area contributed by atoms with Crippen molar-refractivity contribution in [3.63, 3.8) is 0 Å². The van der Waals surface area contributed by atoms with Gasteiger partial charge in [-0.25, -0.2) is 5.43 Å². The minimum absolute atomic E-state index is 0.0232. The van der Waals surface area contributed by atoms with Crippen LogP contribution in [0.3, 0.4) is 0 Å². The molecule has 1 atom stereocenters. The Hall–Kier alpha value is -0.360. The third kappa shape index (κ3) is 2.42. The number of halogens is 1. The molecule has 1 aromatic heterocycles. The van der Waals surface area contributed by atoms with Gasteiger partial charge in [0, 0.05) is 5.54 Å². The van der Waals surface area contributed by atoms with Crippen molar-refractivity contribution in [1.82, 2.24) is 10.3 Å². The minimum Gasteiger partial charge on any atom is -0.466 e. The van der Waals surface area contributed by atoms with Crippen LogP contribution in [-0.2, 0) is 0 Å². The molecule has 1 unspecified atom stereocenters. The predicted molar refractivity (Wildman–Crippen MR) is 71.4 cm³/mol. The third-order valence-corrected chi connectivity index (χ3v) is 4.36. The number of nitrogens with two attached hydrogens (primary N) is 1. The Balaban J connectivity index is 2.25. The number of nitrogens with one attached hydrogen (secondary N) is 1. The van der Waals surface area contributed by atoms with E-state index in [9.17, 15) is 0 Å². The monoisotopic (exact) mass is 301 g/mol. The van der Waals surface area contributed by atoms with Crippen LogP contribution >= 0.6 is 15.9 Å². The highest BCUT2D eigenvalue weighted by molar-refractivity contribution is 9.10. The summed E-state index contributed by atoms with van der Waals surface area (Å²) in [5.41, 5.74) is 2.83. The summed E-state index contributed by atoms with van der Waals surface area (Å²) in [5, 5.41) is 0. The van der Waals surface area contributed by atoms with Gasteiger partial charge in [0.15, 0.2) is 0 Å². The van der Waals surface area contributed by atoms with Crippen LogP contribution in [0.4, 0.5) is 0 Å². The van der Waals surface area contributed by atoms with Crippen molar-refractivity contribution >= 4 is 15.9 Å². The summed E-state index contributed by atoms with van der Waals surface area (Å²) in [7, 11) is 0. The summed E-state index contributed by atoms with van der Waals surface area (Å²) in [6.07, 6.45) is 4.21. The first-order valence-electron chi connectivity index (χ1n) is 6.01. The lowest BCUT2D eigenvalue weighted by molar-refractivity contribution is 0.0958. The second-order valence-electron chi connectivity index (χ2n) is 5.08. The molecule has 1 aliphatic heterocycles. The zero-order chi connectivity index (χ0) is 12.5. The first kappa shape index (κ1) is 13.1. The Morgan fingerprint density at radius 3 is 2.59 bits per heavy atom. The number of nitrogens with zero attached hydrogens (tertiary/aromatic N) is 1. The lowest BCUT2D eigenvalue weighted by atomic mass is 9.91. The largest absolute Gasteiger partial charge is 0.466 e. The Bertz CT molecular complexity index is 372. The quantitative estimate of drug-likeness (QED) is 0.662. The van der Waals surface area contributed by atoms with Gasteiger partial charge in [-0.2, -0.15) is 0 Å². The number of hydrogen-bond acceptors (Lipinski definition) is 4. The summed E-state index contributed by atoms with van der Waals surface area (Å²) in [6.45, 7) is 6.67. The molecule has 96 valence electrons. The van der Waals surface area contributed by atoms with Gasteiger partial charge >= 0.3 is 0 Å². The van der Waals surface area contributed by atoms with Crippen molar-refractivity contribution in [2.75, 3.05) is 13.1 Å². The Morgan fingerprint density at radius 2 is 2.12 bits per heavy atom. The van der Waals surface area contributed by atoms with Crippen LogP contribution in [0.25, 0.3) is 0 Å². The fourth-order valence-corrected chi connectivity index (χ4v) is 3.02. The molecule has 0 aliphatic carbocycles. The SMILES string of the molecule is CC(C)(C(NN)c1occc1Br)N1CCCC1. The molecule has 0 aromatic carbocycles. The molecule has 0 spiro atoms. The second-order valence-corrected chi connectivity index (χ2v) is 5.93. The number of furan rings is 1. The smallest absolute Gasteiger partial charge is 0.138 e. The molecule has 0 bridgehead atoms. The topological polar surface area (TPSA) is 54.4 Å². The second kappa shape index (κ2) is 5.10. The predicted octanol–water partition coefficient (Wildman–Crippen LogP) is 2.42. The normalized spacial score (nSPS) is 19.8. The molecule has 17 heavy (non-hydrogen) atoms. The zero-order valence-electron chi connectivity index (χ0n) is 10.4. The molecule has 0 amide bonds. The van der Waals surface area contributed by atoms with E-state index in [4.69, 9.17) is 10.3 Å². The van der Waals surface area contributed by atoms with Gasteiger partial charge < -0.3 is 4.42 Å². The highest BCUT2D eigenvalue weighted by Crippen LogP contribution is 2.36. The summed E-state index contributed by atoms with van der Waals surface area (Å²) in [6, 6.07) is 1.88. The van der Waals surface area contributed by atoms with Gasteiger partial charge in [0.05, 0.1) is 16.8 Å². The van der Waals surface area contributed by atoms with Crippen LogP contribution in [0.2, 0.25) is 0 Å². The molecule has 0 radical (unpaired) electrons. The van der Waals surface area contributed by atoms with Gasteiger partial charge in [-0.1, -0.05) is 0 Å². The van der Waals surface area contributed by atoms with Crippen molar-refractivity contribution in [3.05, 3.63) is 22.6 Å². The highest BCUT2D eigenvalue weighted by atomic mass is 79.9. The standard InChI is InChI=1S/C12H20BrN3O/c1-12(2,16-6-3-4-7-16)11(15-14)10-9(13)5-8-17-10/h5,8,11,15H,3-4,6-7,14H2,1-2H3. The number of hydrazine groups is 1. The van der Waals surface area contributed by atoms with Gasteiger partial charge in [0.25, 0.3) is 0 Å². The van der Waals surface area contributed by atoms with Gasteiger partial charge in [-0.05, 0) is 61.8 Å². The molecule has 5 heteroatoms. The van der Waals surface area contributed by atoms with Crippen LogP contribution in [0, 0.1) is 0 Å². The first-order valence-corrected chi connectivity index (χ1v) is 6.80. The van der Waals surface area contributed by atoms with E-state index >= 15 is 0 Å². The molecule has 1 aromatic rings. The van der Waals surface area contributed by atoms with E-state index in [-0.39, 0.29) is 11.6 Å². The van der Waals surface area contributed by atoms with Gasteiger partial charge in [0.1, 0.15) is 5.76 Å². The minimum atomic E-state index is -0.0639. The molecular formula is C12H20BrN3O. The van der Waals surface area contributed by atoms with E-state index in [1.54, 1.807) is 6.26 Å². The maximum atomic E-state index is 5.73. The lowest BCUT2D eigenvalue weighted by Crippen LogP contribution is -2.53.